The number of halogens is 1. The molecule has 0 saturated carbocycles. The molecule has 8 heteroatoms. The second-order valence-corrected chi connectivity index (χ2v) is 7.95. The summed E-state index contributed by atoms with van der Waals surface area (Å²) in [7, 11) is 0. The van der Waals surface area contributed by atoms with Crippen molar-refractivity contribution in [1.29, 1.82) is 0 Å². The number of rotatable bonds is 4. The van der Waals surface area contributed by atoms with Gasteiger partial charge in [-0.3, -0.25) is 4.79 Å². The molecule has 1 aliphatic heterocycles. The van der Waals surface area contributed by atoms with Crippen LogP contribution in [0.2, 0.25) is 5.02 Å². The van der Waals surface area contributed by atoms with Crippen molar-refractivity contribution in [3.63, 3.8) is 0 Å². The highest BCUT2D eigenvalue weighted by atomic mass is 35.5. The number of nitrogens with one attached hydrogen (secondary N) is 2. The number of nitrogens with zero attached hydrogens (tertiary/aromatic N) is 3. The average molecular weight is 438 g/mol. The first-order valence-corrected chi connectivity index (χ1v) is 10.7. The Morgan fingerprint density at radius 2 is 1.45 bits per heavy atom. The molecule has 160 valence electrons. The Hall–Kier alpha value is -3.32. The lowest BCUT2D eigenvalue weighted by Gasteiger charge is -2.20. The number of amides is 3. The quantitative estimate of drug-likeness (QED) is 0.589. The molecule has 0 bridgehead atoms. The van der Waals surface area contributed by atoms with Crippen LogP contribution in [0, 0.1) is 0 Å². The van der Waals surface area contributed by atoms with E-state index in [4.69, 9.17) is 11.6 Å². The summed E-state index contributed by atoms with van der Waals surface area (Å²) in [6, 6.07) is 14.2. The number of hydrogen-bond donors (Lipinski definition) is 2. The molecule has 2 N–H and O–H groups in total. The van der Waals surface area contributed by atoms with Crippen LogP contribution >= 0.6 is 11.6 Å². The molecule has 1 saturated heterocycles. The Labute approximate surface area is 186 Å². The van der Waals surface area contributed by atoms with Crippen LogP contribution in [0.1, 0.15) is 36.0 Å². The van der Waals surface area contributed by atoms with E-state index in [9.17, 15) is 9.59 Å². The third-order valence-electron chi connectivity index (χ3n) is 5.22. The number of aromatic nitrogens is 2. The van der Waals surface area contributed by atoms with Gasteiger partial charge in [0.15, 0.2) is 0 Å². The molecule has 0 spiro atoms. The normalized spacial score (nSPS) is 14.0. The Kier molecular flexibility index (Phi) is 6.52. The van der Waals surface area contributed by atoms with Gasteiger partial charge in [-0.1, -0.05) is 24.4 Å². The monoisotopic (exact) mass is 437 g/mol. The van der Waals surface area contributed by atoms with E-state index in [1.165, 1.54) is 19.0 Å². The van der Waals surface area contributed by atoms with E-state index in [-0.39, 0.29) is 11.9 Å². The first-order valence-electron chi connectivity index (χ1n) is 10.4. The molecule has 0 aliphatic carbocycles. The highest BCUT2D eigenvalue weighted by Gasteiger charge is 2.15. The summed E-state index contributed by atoms with van der Waals surface area (Å²) >= 11 is 5.91. The van der Waals surface area contributed by atoms with E-state index in [1.54, 1.807) is 47.3 Å². The van der Waals surface area contributed by atoms with Crippen molar-refractivity contribution in [3.8, 4) is 5.69 Å². The predicted octanol–water partition coefficient (Wildman–Crippen LogP) is 5.19. The van der Waals surface area contributed by atoms with Crippen LogP contribution in [0.25, 0.3) is 5.69 Å². The molecule has 31 heavy (non-hydrogen) atoms. The Morgan fingerprint density at radius 3 is 2.10 bits per heavy atom. The third kappa shape index (κ3) is 5.44. The van der Waals surface area contributed by atoms with E-state index in [2.05, 4.69) is 15.7 Å². The van der Waals surface area contributed by atoms with Crippen molar-refractivity contribution < 1.29 is 9.59 Å². The second kappa shape index (κ2) is 9.66. The molecule has 1 aromatic heterocycles. The van der Waals surface area contributed by atoms with Gasteiger partial charge in [0, 0.05) is 35.7 Å². The molecule has 3 amide bonds. The molecule has 1 aliphatic rings. The molecule has 2 heterocycles. The molecule has 2 aromatic carbocycles. The lowest BCUT2D eigenvalue weighted by Crippen LogP contribution is -2.35. The summed E-state index contributed by atoms with van der Waals surface area (Å²) in [5, 5.41) is 10.7. The first kappa shape index (κ1) is 20.9. The summed E-state index contributed by atoms with van der Waals surface area (Å²) in [5.74, 6) is -0.262. The van der Waals surface area contributed by atoms with Crippen LogP contribution < -0.4 is 10.6 Å². The first-order chi connectivity index (χ1) is 15.1. The SMILES string of the molecule is O=C(Nc1ccc(NC(=O)N2CCCCCC2)cc1)c1cnn(-c2ccc(Cl)cc2)c1. The largest absolute Gasteiger partial charge is 0.325 e. The molecule has 3 aromatic rings. The molecular weight excluding hydrogens is 414 g/mol. The van der Waals surface area contributed by atoms with Gasteiger partial charge in [-0.05, 0) is 61.4 Å². The van der Waals surface area contributed by atoms with Gasteiger partial charge < -0.3 is 15.5 Å². The number of anilines is 2. The molecule has 0 radical (unpaired) electrons. The lowest BCUT2D eigenvalue weighted by atomic mass is 10.2. The standard InChI is InChI=1S/C23H24ClN5O2/c24-18-5-11-21(12-6-18)29-16-17(15-25-29)22(30)26-19-7-9-20(10-8-19)27-23(31)28-13-3-1-2-4-14-28/h5-12,15-16H,1-4,13-14H2,(H,26,30)(H,27,31). The highest BCUT2D eigenvalue weighted by molar-refractivity contribution is 6.30. The van der Waals surface area contributed by atoms with Gasteiger partial charge in [-0.15, -0.1) is 0 Å². The smallest absolute Gasteiger partial charge is 0.321 e. The van der Waals surface area contributed by atoms with Crippen molar-refractivity contribution in [2.45, 2.75) is 25.7 Å². The summed E-state index contributed by atoms with van der Waals surface area (Å²) < 4.78 is 1.62. The maximum Gasteiger partial charge on any atom is 0.321 e. The van der Waals surface area contributed by atoms with Gasteiger partial charge in [0.2, 0.25) is 0 Å². The maximum absolute atomic E-state index is 12.6. The van der Waals surface area contributed by atoms with Gasteiger partial charge in [0.25, 0.3) is 5.91 Å². The van der Waals surface area contributed by atoms with Gasteiger partial charge in [0.05, 0.1) is 17.4 Å². The number of likely N-dealkylation sites (tertiary alicyclic amines) is 1. The van der Waals surface area contributed by atoms with Crippen LogP contribution in [0.5, 0.6) is 0 Å². The van der Waals surface area contributed by atoms with E-state index >= 15 is 0 Å². The third-order valence-corrected chi connectivity index (χ3v) is 5.48. The fourth-order valence-corrected chi connectivity index (χ4v) is 3.62. The van der Waals surface area contributed by atoms with Gasteiger partial charge in [0.1, 0.15) is 0 Å². The van der Waals surface area contributed by atoms with Crippen molar-refractivity contribution in [3.05, 3.63) is 71.5 Å². The number of hydrogen-bond acceptors (Lipinski definition) is 3. The molecule has 4 rings (SSSR count). The molecular formula is C23H24ClN5O2. The van der Waals surface area contributed by atoms with Crippen LogP contribution in [-0.4, -0.2) is 39.7 Å². The fourth-order valence-electron chi connectivity index (χ4n) is 3.49. The number of urea groups is 1. The second-order valence-electron chi connectivity index (χ2n) is 7.51. The fraction of sp³-hybridized carbons (Fsp3) is 0.261. The van der Waals surface area contributed by atoms with E-state index in [1.807, 2.05) is 17.0 Å². The topological polar surface area (TPSA) is 79.3 Å². The summed E-state index contributed by atoms with van der Waals surface area (Å²) in [6.07, 6.45) is 7.63. The van der Waals surface area contributed by atoms with E-state index in [0.29, 0.717) is 22.0 Å². The van der Waals surface area contributed by atoms with Crippen molar-refractivity contribution in [2.24, 2.45) is 0 Å². The van der Waals surface area contributed by atoms with Crippen molar-refractivity contribution in [2.75, 3.05) is 23.7 Å². The predicted molar refractivity (Wildman–Crippen MR) is 122 cm³/mol. The Bertz CT molecular complexity index is 1040. The Balaban J connectivity index is 1.35. The van der Waals surface area contributed by atoms with Crippen LogP contribution in [-0.2, 0) is 0 Å². The summed E-state index contributed by atoms with van der Waals surface area (Å²) in [6.45, 7) is 1.59. The van der Waals surface area contributed by atoms with Crippen LogP contribution in [0.4, 0.5) is 16.2 Å². The molecule has 0 atom stereocenters. The van der Waals surface area contributed by atoms with Crippen molar-refractivity contribution >= 4 is 34.9 Å². The minimum atomic E-state index is -0.262. The van der Waals surface area contributed by atoms with Gasteiger partial charge >= 0.3 is 6.03 Å². The van der Waals surface area contributed by atoms with Gasteiger partial charge in [-0.2, -0.15) is 5.10 Å². The molecule has 0 unspecified atom stereocenters. The van der Waals surface area contributed by atoms with Crippen molar-refractivity contribution in [1.82, 2.24) is 14.7 Å². The summed E-state index contributed by atoms with van der Waals surface area (Å²) in [4.78, 5) is 26.8. The maximum atomic E-state index is 12.6. The number of carbonyl (C=O) groups is 2. The number of benzene rings is 2. The minimum Gasteiger partial charge on any atom is -0.325 e. The lowest BCUT2D eigenvalue weighted by molar-refractivity contribution is 0.102. The van der Waals surface area contributed by atoms with E-state index in [0.717, 1.165) is 31.6 Å². The van der Waals surface area contributed by atoms with Crippen LogP contribution in [0.3, 0.4) is 0 Å². The zero-order valence-electron chi connectivity index (χ0n) is 17.1. The van der Waals surface area contributed by atoms with Gasteiger partial charge in [-0.25, -0.2) is 9.48 Å². The number of carbonyl (C=O) groups excluding carboxylic acids is 2. The zero-order valence-corrected chi connectivity index (χ0v) is 17.8. The molecule has 1 fully saturated rings. The average Bonchev–Trinajstić information content (AvgIpc) is 3.11. The van der Waals surface area contributed by atoms with E-state index < -0.39 is 0 Å². The Morgan fingerprint density at radius 1 is 0.839 bits per heavy atom. The van der Waals surface area contributed by atoms with Crippen LogP contribution in [0.15, 0.2) is 60.9 Å². The summed E-state index contributed by atoms with van der Waals surface area (Å²) in [5.41, 5.74) is 2.58. The zero-order chi connectivity index (χ0) is 21.6. The highest BCUT2D eigenvalue weighted by Crippen LogP contribution is 2.18. The molecule has 7 nitrogen and oxygen atoms in total. The minimum absolute atomic E-state index is 0.0756.